The Bertz CT molecular complexity index is 298. The van der Waals surface area contributed by atoms with Crippen LogP contribution >= 0.6 is 0 Å². The van der Waals surface area contributed by atoms with Crippen molar-refractivity contribution in [3.05, 3.63) is 29.8 Å². The van der Waals surface area contributed by atoms with Crippen molar-refractivity contribution in [3.8, 4) is 5.75 Å². The van der Waals surface area contributed by atoms with Crippen molar-refractivity contribution >= 4 is 0 Å². The van der Waals surface area contributed by atoms with Gasteiger partial charge in [0.2, 0.25) is 0 Å². The van der Waals surface area contributed by atoms with E-state index in [1.807, 2.05) is 31.2 Å². The van der Waals surface area contributed by atoms with Crippen molar-refractivity contribution < 1.29 is 9.84 Å². The first-order valence-corrected chi connectivity index (χ1v) is 5.09. The molecule has 0 aliphatic carbocycles. The standard InChI is InChI=1S/C12H19NO2/c1-9(13)10-4-6-11(7-5-10)15-8-12(2,3)14/h4-7,9,14H,8,13H2,1-3H3. The number of hydrogen-bond donors (Lipinski definition) is 2. The third-order valence-electron chi connectivity index (χ3n) is 2.00. The van der Waals surface area contributed by atoms with Gasteiger partial charge in [-0.3, -0.25) is 0 Å². The van der Waals surface area contributed by atoms with E-state index in [4.69, 9.17) is 10.5 Å². The summed E-state index contributed by atoms with van der Waals surface area (Å²) in [5.41, 5.74) is 6.00. The van der Waals surface area contributed by atoms with Gasteiger partial charge in [0.1, 0.15) is 12.4 Å². The molecular weight excluding hydrogens is 190 g/mol. The highest BCUT2D eigenvalue weighted by atomic mass is 16.5. The van der Waals surface area contributed by atoms with Crippen molar-refractivity contribution in [2.24, 2.45) is 5.73 Å². The molecule has 1 atom stereocenters. The summed E-state index contributed by atoms with van der Waals surface area (Å²) in [5.74, 6) is 0.751. The second-order valence-electron chi connectivity index (χ2n) is 4.46. The van der Waals surface area contributed by atoms with E-state index in [0.29, 0.717) is 0 Å². The van der Waals surface area contributed by atoms with E-state index in [0.717, 1.165) is 11.3 Å². The highest BCUT2D eigenvalue weighted by Crippen LogP contribution is 2.17. The smallest absolute Gasteiger partial charge is 0.119 e. The molecule has 15 heavy (non-hydrogen) atoms. The Morgan fingerprint density at radius 1 is 1.33 bits per heavy atom. The summed E-state index contributed by atoms with van der Waals surface area (Å²) < 4.78 is 5.41. The maximum absolute atomic E-state index is 9.48. The monoisotopic (exact) mass is 209 g/mol. The Hall–Kier alpha value is -1.06. The molecule has 1 unspecified atom stereocenters. The first-order valence-electron chi connectivity index (χ1n) is 5.09. The lowest BCUT2D eigenvalue weighted by molar-refractivity contribution is 0.0285. The fraction of sp³-hybridized carbons (Fsp3) is 0.500. The lowest BCUT2D eigenvalue weighted by Gasteiger charge is -2.18. The predicted molar refractivity (Wildman–Crippen MR) is 60.8 cm³/mol. The van der Waals surface area contributed by atoms with Crippen LogP contribution in [0.25, 0.3) is 0 Å². The van der Waals surface area contributed by atoms with Crippen molar-refractivity contribution in [1.82, 2.24) is 0 Å². The fourth-order valence-corrected chi connectivity index (χ4v) is 1.13. The number of ether oxygens (including phenoxy) is 1. The van der Waals surface area contributed by atoms with E-state index in [1.54, 1.807) is 13.8 Å². The maximum Gasteiger partial charge on any atom is 0.119 e. The van der Waals surface area contributed by atoms with Crippen molar-refractivity contribution in [2.45, 2.75) is 32.4 Å². The maximum atomic E-state index is 9.48. The van der Waals surface area contributed by atoms with Crippen LogP contribution in [0.5, 0.6) is 5.75 Å². The van der Waals surface area contributed by atoms with Gasteiger partial charge in [-0.25, -0.2) is 0 Å². The van der Waals surface area contributed by atoms with Crippen LogP contribution in [0.3, 0.4) is 0 Å². The van der Waals surface area contributed by atoms with Crippen LogP contribution < -0.4 is 10.5 Å². The first kappa shape index (κ1) is 12.0. The van der Waals surface area contributed by atoms with Crippen molar-refractivity contribution in [3.63, 3.8) is 0 Å². The Morgan fingerprint density at radius 3 is 2.27 bits per heavy atom. The zero-order chi connectivity index (χ0) is 11.5. The summed E-state index contributed by atoms with van der Waals surface area (Å²) in [5, 5.41) is 9.48. The Labute approximate surface area is 90.9 Å². The molecule has 3 nitrogen and oxygen atoms in total. The van der Waals surface area contributed by atoms with Crippen LogP contribution in [0.2, 0.25) is 0 Å². The number of rotatable bonds is 4. The van der Waals surface area contributed by atoms with Gasteiger partial charge in [-0.2, -0.15) is 0 Å². The molecule has 1 aromatic rings. The molecule has 0 spiro atoms. The average Bonchev–Trinajstić information content (AvgIpc) is 2.14. The van der Waals surface area contributed by atoms with Crippen molar-refractivity contribution in [1.29, 1.82) is 0 Å². The molecule has 0 bridgehead atoms. The summed E-state index contributed by atoms with van der Waals surface area (Å²) in [4.78, 5) is 0. The minimum absolute atomic E-state index is 0.0355. The molecule has 0 saturated carbocycles. The number of benzene rings is 1. The molecule has 0 saturated heterocycles. The Kier molecular flexibility index (Phi) is 3.72. The largest absolute Gasteiger partial charge is 0.491 e. The quantitative estimate of drug-likeness (QED) is 0.795. The lowest BCUT2D eigenvalue weighted by atomic mass is 10.1. The molecule has 84 valence electrons. The summed E-state index contributed by atoms with van der Waals surface area (Å²) in [6.45, 7) is 5.64. The molecular formula is C12H19NO2. The van der Waals surface area contributed by atoms with Gasteiger partial charge in [0.25, 0.3) is 0 Å². The van der Waals surface area contributed by atoms with Gasteiger partial charge in [-0.15, -0.1) is 0 Å². The molecule has 3 heteroatoms. The highest BCUT2D eigenvalue weighted by molar-refractivity contribution is 5.28. The highest BCUT2D eigenvalue weighted by Gasteiger charge is 2.13. The number of nitrogens with two attached hydrogens (primary N) is 1. The van der Waals surface area contributed by atoms with Gasteiger partial charge in [-0.05, 0) is 38.5 Å². The van der Waals surface area contributed by atoms with Gasteiger partial charge in [-0.1, -0.05) is 12.1 Å². The molecule has 1 rings (SSSR count). The van der Waals surface area contributed by atoms with Gasteiger partial charge in [0, 0.05) is 6.04 Å². The SMILES string of the molecule is CC(N)c1ccc(OCC(C)(C)O)cc1. The van der Waals surface area contributed by atoms with Gasteiger partial charge in [0.05, 0.1) is 5.60 Å². The third kappa shape index (κ3) is 4.32. The molecule has 0 fully saturated rings. The number of hydrogen-bond acceptors (Lipinski definition) is 3. The van der Waals surface area contributed by atoms with E-state index in [1.165, 1.54) is 0 Å². The first-order chi connectivity index (χ1) is 6.88. The summed E-state index contributed by atoms with van der Waals surface area (Å²) in [6, 6.07) is 7.64. The summed E-state index contributed by atoms with van der Waals surface area (Å²) in [6.07, 6.45) is 0. The average molecular weight is 209 g/mol. The Balaban J connectivity index is 2.57. The third-order valence-corrected chi connectivity index (χ3v) is 2.00. The van der Waals surface area contributed by atoms with E-state index >= 15 is 0 Å². The van der Waals surface area contributed by atoms with E-state index < -0.39 is 5.60 Å². The van der Waals surface area contributed by atoms with Gasteiger partial charge >= 0.3 is 0 Å². The van der Waals surface area contributed by atoms with Crippen molar-refractivity contribution in [2.75, 3.05) is 6.61 Å². The molecule has 0 aliphatic heterocycles. The zero-order valence-corrected chi connectivity index (χ0v) is 9.53. The topological polar surface area (TPSA) is 55.5 Å². The molecule has 3 N–H and O–H groups in total. The van der Waals surface area contributed by atoms with E-state index in [-0.39, 0.29) is 12.6 Å². The molecule has 0 heterocycles. The Morgan fingerprint density at radius 2 is 1.87 bits per heavy atom. The summed E-state index contributed by atoms with van der Waals surface area (Å²) in [7, 11) is 0. The molecule has 0 aliphatic rings. The molecule has 1 aromatic carbocycles. The number of aliphatic hydroxyl groups is 1. The second kappa shape index (κ2) is 4.64. The normalized spacial score (nSPS) is 13.7. The van der Waals surface area contributed by atoms with E-state index in [2.05, 4.69) is 0 Å². The predicted octanol–water partition coefficient (Wildman–Crippen LogP) is 1.86. The minimum atomic E-state index is -0.806. The molecule has 0 amide bonds. The van der Waals surface area contributed by atoms with Gasteiger partial charge < -0.3 is 15.6 Å². The van der Waals surface area contributed by atoms with Crippen LogP contribution in [0.4, 0.5) is 0 Å². The summed E-state index contributed by atoms with van der Waals surface area (Å²) >= 11 is 0. The van der Waals surface area contributed by atoms with Gasteiger partial charge in [0.15, 0.2) is 0 Å². The fourth-order valence-electron chi connectivity index (χ4n) is 1.13. The van der Waals surface area contributed by atoms with Crippen LogP contribution in [0.1, 0.15) is 32.4 Å². The zero-order valence-electron chi connectivity index (χ0n) is 9.53. The van der Waals surface area contributed by atoms with Crippen LogP contribution in [0, 0.1) is 0 Å². The minimum Gasteiger partial charge on any atom is -0.491 e. The molecule has 0 aromatic heterocycles. The molecule has 0 radical (unpaired) electrons. The van der Waals surface area contributed by atoms with Crippen LogP contribution in [-0.2, 0) is 0 Å². The van der Waals surface area contributed by atoms with Crippen LogP contribution in [0.15, 0.2) is 24.3 Å². The van der Waals surface area contributed by atoms with E-state index in [9.17, 15) is 5.11 Å². The lowest BCUT2D eigenvalue weighted by Crippen LogP contribution is -2.27. The second-order valence-corrected chi connectivity index (χ2v) is 4.46. The van der Waals surface area contributed by atoms with Crippen LogP contribution in [-0.4, -0.2) is 17.3 Å².